The fraction of sp³-hybridized carbons (Fsp3) is 0.500. The largest absolute Gasteiger partial charge is 0.391 e. The number of fused-ring (bicyclic) bond motifs is 2. The zero-order chi connectivity index (χ0) is 37.2. The Morgan fingerprint density at radius 3 is 2.19 bits per heavy atom. The molecule has 2 aliphatic heterocycles. The highest BCUT2D eigenvalue weighted by Crippen LogP contribution is 2.20. The van der Waals surface area contributed by atoms with Gasteiger partial charge in [-0.25, -0.2) is 0 Å². The Hall–Kier alpha value is -5.38. The Labute approximate surface area is 301 Å². The van der Waals surface area contributed by atoms with E-state index in [9.17, 15) is 33.9 Å². The van der Waals surface area contributed by atoms with E-state index in [2.05, 4.69) is 36.8 Å². The van der Waals surface area contributed by atoms with Crippen LogP contribution in [-0.4, -0.2) is 110 Å². The SMILES string of the molecule is CC[C@@H]1NC(=O)[C@@H](NC(=O)Cn2nc3ccccc3n2)CCCCNC(=O)[C@@H]2CCCN2C(=O)[C@@H](Cc2ccccc2)NC(=O)[C@H]([C@@H](C)O)NC1=O. The predicted molar refractivity (Wildman–Crippen MR) is 189 cm³/mol. The maximum absolute atomic E-state index is 14.0. The number of benzene rings is 2. The second kappa shape index (κ2) is 17.7. The molecule has 278 valence electrons. The number of hydrogen-bond acceptors (Lipinski definition) is 9. The number of aliphatic hydroxyl groups excluding tert-OH is 1. The van der Waals surface area contributed by atoms with Gasteiger partial charge in [-0.2, -0.15) is 15.0 Å². The topological polar surface area (TPSA) is 217 Å². The molecule has 0 bridgehead atoms. The minimum absolute atomic E-state index is 0.115. The van der Waals surface area contributed by atoms with Crippen LogP contribution in [0.1, 0.15) is 57.9 Å². The maximum atomic E-state index is 14.0. The monoisotopic (exact) mass is 717 g/mol. The third-order valence-corrected chi connectivity index (χ3v) is 9.32. The van der Waals surface area contributed by atoms with E-state index >= 15 is 0 Å². The summed E-state index contributed by atoms with van der Waals surface area (Å²) in [5.41, 5.74) is 1.99. The quantitative estimate of drug-likeness (QED) is 0.189. The number of rotatable bonds is 7. The normalized spacial score (nSPS) is 24.7. The first kappa shape index (κ1) is 37.9. The molecule has 2 fully saturated rings. The molecule has 6 atom stereocenters. The van der Waals surface area contributed by atoms with Crippen LogP contribution < -0.4 is 26.6 Å². The summed E-state index contributed by atoms with van der Waals surface area (Å²) in [6.07, 6.45) is 1.01. The lowest BCUT2D eigenvalue weighted by Crippen LogP contribution is -2.61. The van der Waals surface area contributed by atoms with Gasteiger partial charge < -0.3 is 36.6 Å². The van der Waals surface area contributed by atoms with Crippen molar-refractivity contribution in [3.8, 4) is 0 Å². The highest BCUT2D eigenvalue weighted by Gasteiger charge is 2.39. The summed E-state index contributed by atoms with van der Waals surface area (Å²) in [7, 11) is 0. The van der Waals surface area contributed by atoms with Gasteiger partial charge in [-0.3, -0.25) is 28.8 Å². The van der Waals surface area contributed by atoms with Crippen molar-refractivity contribution in [3.05, 3.63) is 60.2 Å². The molecule has 0 unspecified atom stereocenters. The van der Waals surface area contributed by atoms with Crippen LogP contribution >= 0.6 is 0 Å². The van der Waals surface area contributed by atoms with Crippen molar-refractivity contribution >= 4 is 46.5 Å². The van der Waals surface area contributed by atoms with Crippen LogP contribution in [0.4, 0.5) is 0 Å². The van der Waals surface area contributed by atoms with Gasteiger partial charge in [-0.05, 0) is 63.1 Å². The third kappa shape index (κ3) is 9.69. The van der Waals surface area contributed by atoms with Crippen LogP contribution in [0.2, 0.25) is 0 Å². The van der Waals surface area contributed by atoms with Crippen molar-refractivity contribution in [2.45, 2.75) is 102 Å². The smallest absolute Gasteiger partial charge is 0.246 e. The van der Waals surface area contributed by atoms with Gasteiger partial charge in [0, 0.05) is 19.5 Å². The van der Waals surface area contributed by atoms with Crippen LogP contribution in [0.25, 0.3) is 11.0 Å². The van der Waals surface area contributed by atoms with E-state index in [4.69, 9.17) is 0 Å². The van der Waals surface area contributed by atoms with Crippen LogP contribution in [0.3, 0.4) is 0 Å². The molecular formula is C36H47N9O7. The minimum Gasteiger partial charge on any atom is -0.391 e. The van der Waals surface area contributed by atoms with Gasteiger partial charge in [-0.1, -0.05) is 49.4 Å². The van der Waals surface area contributed by atoms with Crippen molar-refractivity contribution in [1.82, 2.24) is 46.5 Å². The van der Waals surface area contributed by atoms with E-state index in [1.807, 2.05) is 30.3 Å². The first-order chi connectivity index (χ1) is 25.0. The van der Waals surface area contributed by atoms with Crippen molar-refractivity contribution in [3.63, 3.8) is 0 Å². The molecule has 5 rings (SSSR count). The van der Waals surface area contributed by atoms with Gasteiger partial charge in [0.1, 0.15) is 47.8 Å². The Balaban J connectivity index is 1.36. The molecule has 6 N–H and O–H groups in total. The van der Waals surface area contributed by atoms with Gasteiger partial charge in [-0.15, -0.1) is 0 Å². The van der Waals surface area contributed by atoms with Gasteiger partial charge >= 0.3 is 0 Å². The zero-order valence-corrected chi connectivity index (χ0v) is 29.4. The fourth-order valence-electron chi connectivity index (χ4n) is 6.51. The molecule has 0 spiro atoms. The fourth-order valence-corrected chi connectivity index (χ4v) is 6.51. The minimum atomic E-state index is -1.48. The lowest BCUT2D eigenvalue weighted by atomic mass is 10.0. The molecule has 1 aromatic heterocycles. The molecule has 2 aliphatic rings. The summed E-state index contributed by atoms with van der Waals surface area (Å²) in [4.78, 5) is 84.0. The summed E-state index contributed by atoms with van der Waals surface area (Å²) in [5.74, 6) is -3.44. The van der Waals surface area contributed by atoms with Gasteiger partial charge in [0.2, 0.25) is 35.4 Å². The van der Waals surface area contributed by atoms with E-state index in [-0.39, 0.29) is 38.3 Å². The Kier molecular flexibility index (Phi) is 12.9. The highest BCUT2D eigenvalue weighted by atomic mass is 16.3. The predicted octanol–water partition coefficient (Wildman–Crippen LogP) is -0.305. The molecule has 0 aliphatic carbocycles. The second-order valence-electron chi connectivity index (χ2n) is 13.3. The van der Waals surface area contributed by atoms with Crippen LogP contribution in [-0.2, 0) is 41.7 Å². The second-order valence-corrected chi connectivity index (χ2v) is 13.3. The molecule has 6 amide bonds. The van der Waals surface area contributed by atoms with Crippen molar-refractivity contribution < 1.29 is 33.9 Å². The van der Waals surface area contributed by atoms with E-state index in [1.54, 1.807) is 31.2 Å². The molecule has 16 nitrogen and oxygen atoms in total. The molecule has 3 heterocycles. The molecule has 2 aromatic carbocycles. The van der Waals surface area contributed by atoms with Crippen LogP contribution in [0.15, 0.2) is 54.6 Å². The summed E-state index contributed by atoms with van der Waals surface area (Å²) in [5, 5.41) is 32.8. The molecule has 52 heavy (non-hydrogen) atoms. The van der Waals surface area contributed by atoms with Gasteiger partial charge in [0.25, 0.3) is 0 Å². The number of nitrogens with zero attached hydrogens (tertiary/aromatic N) is 4. The first-order valence-electron chi connectivity index (χ1n) is 17.8. The third-order valence-electron chi connectivity index (χ3n) is 9.32. The Bertz CT molecular complexity index is 1710. The van der Waals surface area contributed by atoms with Gasteiger partial charge in [0.15, 0.2) is 0 Å². The number of aliphatic hydroxyl groups is 1. The van der Waals surface area contributed by atoms with Crippen molar-refractivity contribution in [2.24, 2.45) is 0 Å². The van der Waals surface area contributed by atoms with Crippen molar-refractivity contribution in [2.75, 3.05) is 13.1 Å². The lowest BCUT2D eigenvalue weighted by Gasteiger charge is -2.30. The summed E-state index contributed by atoms with van der Waals surface area (Å²) in [6, 6.07) is 10.7. The van der Waals surface area contributed by atoms with Crippen LogP contribution in [0, 0.1) is 0 Å². The maximum Gasteiger partial charge on any atom is 0.246 e. The summed E-state index contributed by atoms with van der Waals surface area (Å²) < 4.78 is 0. The number of aromatic nitrogens is 3. The van der Waals surface area contributed by atoms with E-state index < -0.39 is 65.8 Å². The molecule has 16 heteroatoms. The number of hydrogen-bond donors (Lipinski definition) is 6. The van der Waals surface area contributed by atoms with Crippen LogP contribution in [0.5, 0.6) is 0 Å². The van der Waals surface area contributed by atoms with E-state index in [1.165, 1.54) is 16.6 Å². The zero-order valence-electron chi connectivity index (χ0n) is 29.4. The molecular weight excluding hydrogens is 670 g/mol. The number of amides is 6. The molecule has 2 saturated heterocycles. The summed E-state index contributed by atoms with van der Waals surface area (Å²) in [6.45, 7) is 3.34. The average Bonchev–Trinajstić information content (AvgIpc) is 3.78. The summed E-state index contributed by atoms with van der Waals surface area (Å²) >= 11 is 0. The molecule has 0 saturated carbocycles. The standard InChI is InChI=1S/C36H47N9O7/c1-3-24-32(48)41-31(22(2)46)35(51)40-28(20-23-12-5-4-6-13-23)36(52)44-19-11-17-29(44)34(50)37-18-10-9-16-27(33(49)39-24)38-30(47)21-45-42-25-14-7-8-15-26(25)43-45/h4-8,12-15,22,24,27-29,31,46H,3,9-11,16-21H2,1-2H3,(H,37,50)(H,38,47)(H,39,49)(H,40,51)(H,41,48)/t22-,24+,27+,28-,29+,31+/m1/s1. The first-order valence-corrected chi connectivity index (χ1v) is 17.8. The number of nitrogens with one attached hydrogen (secondary N) is 5. The number of carbonyl (C=O) groups excluding carboxylic acids is 6. The van der Waals surface area contributed by atoms with E-state index in [0.29, 0.717) is 43.3 Å². The molecule has 3 aromatic rings. The lowest BCUT2D eigenvalue weighted by molar-refractivity contribution is -0.142. The highest BCUT2D eigenvalue weighted by molar-refractivity contribution is 5.97. The van der Waals surface area contributed by atoms with Gasteiger partial charge in [0.05, 0.1) is 6.10 Å². The molecule has 0 radical (unpaired) electrons. The Morgan fingerprint density at radius 1 is 0.846 bits per heavy atom. The average molecular weight is 718 g/mol. The Morgan fingerprint density at radius 2 is 1.52 bits per heavy atom. The van der Waals surface area contributed by atoms with E-state index in [0.717, 1.165) is 5.56 Å². The number of carbonyl (C=O) groups is 6. The van der Waals surface area contributed by atoms with Crippen molar-refractivity contribution in [1.29, 1.82) is 0 Å².